The predicted molar refractivity (Wildman–Crippen MR) is 83.7 cm³/mol. The summed E-state index contributed by atoms with van der Waals surface area (Å²) < 4.78 is 5.11. The Labute approximate surface area is 130 Å². The van der Waals surface area contributed by atoms with Gasteiger partial charge < -0.3 is 20.4 Å². The van der Waals surface area contributed by atoms with E-state index in [1.54, 1.807) is 6.07 Å². The van der Waals surface area contributed by atoms with Crippen molar-refractivity contribution in [2.24, 2.45) is 0 Å². The smallest absolute Gasteiger partial charge is 0.315 e. The molecule has 0 bridgehead atoms. The Hall–Kier alpha value is -2.24. The number of hydrogen-bond donors (Lipinski definition) is 3. The highest BCUT2D eigenvalue weighted by molar-refractivity contribution is 5.92. The molecule has 0 spiro atoms. The number of nitrogens with one attached hydrogen (secondary N) is 3. The number of carbonyl (C=O) groups excluding carboxylic acids is 2. The van der Waals surface area contributed by atoms with E-state index in [1.807, 2.05) is 13.0 Å². The molecular weight excluding hydrogens is 282 g/mol. The van der Waals surface area contributed by atoms with E-state index in [9.17, 15) is 9.59 Å². The summed E-state index contributed by atoms with van der Waals surface area (Å²) in [5, 5.41) is 8.47. The summed E-state index contributed by atoms with van der Waals surface area (Å²) in [7, 11) is 0. The standard InChI is InChI=1S/C16H23N3O3/c1-12-8-11-22-14(12)15(20)17-9-5-10-18-16(21)19-13-6-3-2-4-7-13/h3,6,8,11,13H,2,4-5,7,9-10H2,1H3,(H,17,20)(H2,18,19,21)/t13-/m1/s1. The van der Waals surface area contributed by atoms with Crippen molar-refractivity contribution in [2.75, 3.05) is 13.1 Å². The van der Waals surface area contributed by atoms with E-state index in [0.29, 0.717) is 25.3 Å². The van der Waals surface area contributed by atoms with Crippen molar-refractivity contribution in [3.63, 3.8) is 0 Å². The predicted octanol–water partition coefficient (Wildman–Crippen LogP) is 2.12. The van der Waals surface area contributed by atoms with Gasteiger partial charge in [-0.3, -0.25) is 4.79 Å². The van der Waals surface area contributed by atoms with Crippen molar-refractivity contribution in [1.82, 2.24) is 16.0 Å². The van der Waals surface area contributed by atoms with Gasteiger partial charge in [0.2, 0.25) is 0 Å². The molecule has 1 aromatic rings. The van der Waals surface area contributed by atoms with Crippen LogP contribution >= 0.6 is 0 Å². The second-order valence-electron chi connectivity index (χ2n) is 5.41. The molecule has 0 unspecified atom stereocenters. The summed E-state index contributed by atoms with van der Waals surface area (Å²) in [6.07, 6.45) is 9.49. The molecule has 3 N–H and O–H groups in total. The van der Waals surface area contributed by atoms with Crippen molar-refractivity contribution >= 4 is 11.9 Å². The monoisotopic (exact) mass is 305 g/mol. The first-order valence-corrected chi connectivity index (χ1v) is 7.70. The van der Waals surface area contributed by atoms with Gasteiger partial charge in [-0.2, -0.15) is 0 Å². The molecule has 6 nitrogen and oxygen atoms in total. The van der Waals surface area contributed by atoms with Crippen LogP contribution in [0.25, 0.3) is 0 Å². The third-order valence-corrected chi connectivity index (χ3v) is 3.56. The van der Waals surface area contributed by atoms with E-state index >= 15 is 0 Å². The van der Waals surface area contributed by atoms with Crippen molar-refractivity contribution in [2.45, 2.75) is 38.6 Å². The fourth-order valence-electron chi connectivity index (χ4n) is 2.33. The Kier molecular flexibility index (Phi) is 6.06. The fourth-order valence-corrected chi connectivity index (χ4v) is 2.33. The normalized spacial score (nSPS) is 17.0. The molecule has 6 heteroatoms. The number of furan rings is 1. The van der Waals surface area contributed by atoms with Crippen LogP contribution in [-0.4, -0.2) is 31.1 Å². The third kappa shape index (κ3) is 4.95. The van der Waals surface area contributed by atoms with Crippen LogP contribution in [0.5, 0.6) is 0 Å². The number of aryl methyl sites for hydroxylation is 1. The van der Waals surface area contributed by atoms with Crippen LogP contribution in [0, 0.1) is 6.92 Å². The minimum Gasteiger partial charge on any atom is -0.459 e. The van der Waals surface area contributed by atoms with Gasteiger partial charge in [0.15, 0.2) is 5.76 Å². The van der Waals surface area contributed by atoms with Crippen LogP contribution in [-0.2, 0) is 0 Å². The molecule has 22 heavy (non-hydrogen) atoms. The van der Waals surface area contributed by atoms with Gasteiger partial charge in [-0.05, 0) is 38.7 Å². The SMILES string of the molecule is Cc1ccoc1C(=O)NCCCNC(=O)N[C@@H]1C=CCCC1. The lowest BCUT2D eigenvalue weighted by molar-refractivity contribution is 0.0925. The molecule has 0 fully saturated rings. The first-order chi connectivity index (χ1) is 10.7. The number of rotatable bonds is 6. The van der Waals surface area contributed by atoms with E-state index < -0.39 is 0 Å². The van der Waals surface area contributed by atoms with Gasteiger partial charge in [0.05, 0.1) is 6.26 Å². The molecular formula is C16H23N3O3. The molecule has 1 aliphatic rings. The Morgan fingerprint density at radius 2 is 2.14 bits per heavy atom. The van der Waals surface area contributed by atoms with Crippen molar-refractivity contribution in [1.29, 1.82) is 0 Å². The summed E-state index contributed by atoms with van der Waals surface area (Å²) in [5.74, 6) is 0.120. The van der Waals surface area contributed by atoms with Gasteiger partial charge in [0.1, 0.15) is 0 Å². The highest BCUT2D eigenvalue weighted by Gasteiger charge is 2.12. The van der Waals surface area contributed by atoms with E-state index in [4.69, 9.17) is 4.42 Å². The van der Waals surface area contributed by atoms with E-state index in [1.165, 1.54) is 6.26 Å². The Morgan fingerprint density at radius 3 is 2.82 bits per heavy atom. The average Bonchev–Trinajstić information content (AvgIpc) is 2.94. The second kappa shape index (κ2) is 8.26. The highest BCUT2D eigenvalue weighted by Crippen LogP contribution is 2.09. The Balaban J connectivity index is 1.56. The lowest BCUT2D eigenvalue weighted by Crippen LogP contribution is -2.42. The molecule has 1 aromatic heterocycles. The van der Waals surface area contributed by atoms with Crippen LogP contribution in [0.15, 0.2) is 28.9 Å². The summed E-state index contributed by atoms with van der Waals surface area (Å²) in [5.41, 5.74) is 0.815. The second-order valence-corrected chi connectivity index (χ2v) is 5.41. The lowest BCUT2D eigenvalue weighted by Gasteiger charge is -2.18. The maximum absolute atomic E-state index is 11.8. The van der Waals surface area contributed by atoms with Crippen LogP contribution in [0.1, 0.15) is 41.8 Å². The van der Waals surface area contributed by atoms with Crippen LogP contribution < -0.4 is 16.0 Å². The Morgan fingerprint density at radius 1 is 1.32 bits per heavy atom. The molecule has 2 rings (SSSR count). The minimum absolute atomic E-state index is 0.135. The van der Waals surface area contributed by atoms with Gasteiger partial charge in [-0.1, -0.05) is 12.2 Å². The molecule has 3 amide bonds. The maximum Gasteiger partial charge on any atom is 0.315 e. The van der Waals surface area contributed by atoms with Gasteiger partial charge in [0, 0.05) is 24.7 Å². The Bertz CT molecular complexity index is 536. The molecule has 0 aromatic carbocycles. The van der Waals surface area contributed by atoms with Crippen molar-refractivity contribution in [3.8, 4) is 0 Å². The van der Waals surface area contributed by atoms with Gasteiger partial charge in [-0.15, -0.1) is 0 Å². The first-order valence-electron chi connectivity index (χ1n) is 7.70. The van der Waals surface area contributed by atoms with E-state index in [0.717, 1.165) is 24.8 Å². The summed E-state index contributed by atoms with van der Waals surface area (Å²) in [4.78, 5) is 23.5. The summed E-state index contributed by atoms with van der Waals surface area (Å²) >= 11 is 0. The van der Waals surface area contributed by atoms with Gasteiger partial charge >= 0.3 is 6.03 Å². The topological polar surface area (TPSA) is 83.4 Å². The summed E-state index contributed by atoms with van der Waals surface area (Å²) in [6, 6.07) is 1.72. The molecule has 0 saturated carbocycles. The molecule has 120 valence electrons. The average molecular weight is 305 g/mol. The van der Waals surface area contributed by atoms with E-state index in [-0.39, 0.29) is 18.0 Å². The minimum atomic E-state index is -0.223. The van der Waals surface area contributed by atoms with Gasteiger partial charge in [-0.25, -0.2) is 4.79 Å². The zero-order chi connectivity index (χ0) is 15.8. The number of hydrogen-bond acceptors (Lipinski definition) is 3. The fraction of sp³-hybridized carbons (Fsp3) is 0.500. The zero-order valence-electron chi connectivity index (χ0n) is 12.9. The summed E-state index contributed by atoms with van der Waals surface area (Å²) in [6.45, 7) is 2.83. The third-order valence-electron chi connectivity index (χ3n) is 3.56. The van der Waals surface area contributed by atoms with Gasteiger partial charge in [0.25, 0.3) is 5.91 Å². The molecule has 0 aliphatic heterocycles. The number of allylic oxidation sites excluding steroid dienone is 1. The first kappa shape index (κ1) is 16.1. The van der Waals surface area contributed by atoms with Crippen LogP contribution in [0.4, 0.5) is 4.79 Å². The quantitative estimate of drug-likeness (QED) is 0.556. The van der Waals surface area contributed by atoms with E-state index in [2.05, 4.69) is 22.0 Å². The highest BCUT2D eigenvalue weighted by atomic mass is 16.3. The number of urea groups is 1. The zero-order valence-corrected chi connectivity index (χ0v) is 12.9. The lowest BCUT2D eigenvalue weighted by atomic mass is 10.0. The van der Waals surface area contributed by atoms with Crippen LogP contribution in [0.2, 0.25) is 0 Å². The molecule has 1 heterocycles. The number of carbonyl (C=O) groups is 2. The largest absolute Gasteiger partial charge is 0.459 e. The van der Waals surface area contributed by atoms with Crippen molar-refractivity contribution < 1.29 is 14.0 Å². The molecule has 1 aliphatic carbocycles. The van der Waals surface area contributed by atoms with Crippen molar-refractivity contribution in [3.05, 3.63) is 35.8 Å². The van der Waals surface area contributed by atoms with Crippen LogP contribution in [0.3, 0.4) is 0 Å². The molecule has 0 saturated heterocycles. The maximum atomic E-state index is 11.8. The molecule has 0 radical (unpaired) electrons. The molecule has 1 atom stereocenters. The number of amides is 3.